The van der Waals surface area contributed by atoms with Gasteiger partial charge >= 0.3 is 5.97 Å². The molecular formula is C11H8FNO3. The molecule has 82 valence electrons. The molecule has 2 rings (SSSR count). The standard InChI is InChI=1S/C11H8FNO3/c1-13-9-8(12)5-7(11(14)15-2)6-3-4-16-10(6)9/h5H,3-4H2,2H3. The van der Waals surface area contributed by atoms with Crippen molar-refractivity contribution in [2.24, 2.45) is 0 Å². The molecule has 0 atom stereocenters. The van der Waals surface area contributed by atoms with Crippen LogP contribution in [-0.2, 0) is 11.2 Å². The largest absolute Gasteiger partial charge is 0.504 e. The molecule has 16 heavy (non-hydrogen) atoms. The molecule has 0 aromatic heterocycles. The fourth-order valence-corrected chi connectivity index (χ4v) is 1.71. The summed E-state index contributed by atoms with van der Waals surface area (Å²) in [4.78, 5) is 14.5. The Balaban J connectivity index is 2.67. The van der Waals surface area contributed by atoms with Gasteiger partial charge in [-0.15, -0.1) is 0 Å². The first-order chi connectivity index (χ1) is 7.69. The minimum atomic E-state index is -0.754. The molecule has 0 saturated carbocycles. The van der Waals surface area contributed by atoms with E-state index in [2.05, 4.69) is 9.58 Å². The number of methoxy groups -OCH3 is 1. The zero-order valence-electron chi connectivity index (χ0n) is 8.54. The van der Waals surface area contributed by atoms with E-state index in [1.54, 1.807) is 0 Å². The third-order valence-electron chi connectivity index (χ3n) is 2.43. The molecule has 1 aliphatic heterocycles. The van der Waals surface area contributed by atoms with E-state index in [0.717, 1.165) is 6.07 Å². The Hall–Kier alpha value is -2.09. The lowest BCUT2D eigenvalue weighted by Gasteiger charge is -2.07. The summed E-state index contributed by atoms with van der Waals surface area (Å²) in [6.07, 6.45) is 0.489. The monoisotopic (exact) mass is 221 g/mol. The summed E-state index contributed by atoms with van der Waals surface area (Å²) in [6.45, 7) is 7.22. The van der Waals surface area contributed by atoms with Crippen molar-refractivity contribution in [1.29, 1.82) is 0 Å². The van der Waals surface area contributed by atoms with Gasteiger partial charge in [-0.2, -0.15) is 0 Å². The van der Waals surface area contributed by atoms with E-state index < -0.39 is 11.8 Å². The Kier molecular flexibility index (Phi) is 2.49. The molecule has 0 N–H and O–H groups in total. The van der Waals surface area contributed by atoms with Crippen molar-refractivity contribution in [3.63, 3.8) is 0 Å². The van der Waals surface area contributed by atoms with E-state index in [4.69, 9.17) is 11.3 Å². The Morgan fingerprint density at radius 3 is 3.06 bits per heavy atom. The molecule has 0 aliphatic carbocycles. The van der Waals surface area contributed by atoms with Gasteiger partial charge < -0.3 is 9.47 Å². The quantitative estimate of drug-likeness (QED) is 0.538. The number of hydrogen-bond donors (Lipinski definition) is 0. The highest BCUT2D eigenvalue weighted by Gasteiger charge is 2.27. The summed E-state index contributed by atoms with van der Waals surface area (Å²) in [6, 6.07) is 1.03. The van der Waals surface area contributed by atoms with Crippen molar-refractivity contribution in [2.45, 2.75) is 6.42 Å². The first-order valence-corrected chi connectivity index (χ1v) is 4.63. The van der Waals surface area contributed by atoms with Gasteiger partial charge in [-0.1, -0.05) is 0 Å². The predicted molar refractivity (Wildman–Crippen MR) is 53.2 cm³/mol. The average molecular weight is 221 g/mol. The van der Waals surface area contributed by atoms with Crippen LogP contribution < -0.4 is 4.74 Å². The van der Waals surface area contributed by atoms with Crippen molar-refractivity contribution in [3.8, 4) is 5.75 Å². The van der Waals surface area contributed by atoms with Gasteiger partial charge in [0, 0.05) is 12.0 Å². The molecule has 1 aliphatic rings. The molecule has 0 radical (unpaired) electrons. The Morgan fingerprint density at radius 2 is 2.44 bits per heavy atom. The summed E-state index contributed by atoms with van der Waals surface area (Å²) in [5.74, 6) is -1.19. The number of carbonyl (C=O) groups is 1. The van der Waals surface area contributed by atoms with E-state index in [-0.39, 0.29) is 17.0 Å². The van der Waals surface area contributed by atoms with Gasteiger partial charge in [-0.25, -0.2) is 14.0 Å². The summed E-state index contributed by atoms with van der Waals surface area (Å²) in [7, 11) is 1.23. The molecule has 0 unspecified atom stereocenters. The second-order valence-electron chi connectivity index (χ2n) is 3.26. The third-order valence-corrected chi connectivity index (χ3v) is 2.43. The maximum atomic E-state index is 13.5. The lowest BCUT2D eigenvalue weighted by atomic mass is 10.0. The summed E-state index contributed by atoms with van der Waals surface area (Å²) < 4.78 is 23.2. The number of benzene rings is 1. The smallest absolute Gasteiger partial charge is 0.338 e. The van der Waals surface area contributed by atoms with Crippen LogP contribution in [0.1, 0.15) is 15.9 Å². The summed E-state index contributed by atoms with van der Waals surface area (Å²) in [5, 5.41) is 0. The van der Waals surface area contributed by atoms with Gasteiger partial charge in [-0.05, 0) is 6.07 Å². The first-order valence-electron chi connectivity index (χ1n) is 4.63. The van der Waals surface area contributed by atoms with Crippen LogP contribution in [0.5, 0.6) is 5.75 Å². The number of hydrogen-bond acceptors (Lipinski definition) is 3. The van der Waals surface area contributed by atoms with Crippen LogP contribution in [0.4, 0.5) is 10.1 Å². The lowest BCUT2D eigenvalue weighted by molar-refractivity contribution is 0.0599. The van der Waals surface area contributed by atoms with Crippen molar-refractivity contribution in [3.05, 3.63) is 34.4 Å². The molecule has 0 spiro atoms. The molecule has 1 aromatic rings. The number of esters is 1. The second-order valence-corrected chi connectivity index (χ2v) is 3.26. The normalized spacial score (nSPS) is 12.6. The summed E-state index contributed by atoms with van der Waals surface area (Å²) in [5.41, 5.74) is 0.527. The number of nitrogens with zero attached hydrogens (tertiary/aromatic N) is 1. The van der Waals surface area contributed by atoms with Crippen LogP contribution in [0.25, 0.3) is 4.85 Å². The second kappa shape index (κ2) is 3.81. The third kappa shape index (κ3) is 1.39. The van der Waals surface area contributed by atoms with Crippen LogP contribution in [0.3, 0.4) is 0 Å². The molecular weight excluding hydrogens is 213 g/mol. The molecule has 0 fully saturated rings. The van der Waals surface area contributed by atoms with Gasteiger partial charge in [0.05, 0.1) is 25.9 Å². The maximum Gasteiger partial charge on any atom is 0.338 e. The van der Waals surface area contributed by atoms with Crippen molar-refractivity contribution in [1.82, 2.24) is 0 Å². The maximum absolute atomic E-state index is 13.5. The predicted octanol–water partition coefficient (Wildman–Crippen LogP) is 2.10. The minimum absolute atomic E-state index is 0.139. The Morgan fingerprint density at radius 1 is 1.69 bits per heavy atom. The van der Waals surface area contributed by atoms with Crippen LogP contribution >= 0.6 is 0 Å². The van der Waals surface area contributed by atoms with Gasteiger partial charge in [-0.3, -0.25) is 0 Å². The number of carbonyl (C=O) groups excluding carboxylic acids is 1. The number of halogens is 1. The Bertz CT molecular complexity index is 505. The molecule has 5 heteroatoms. The molecule has 4 nitrogen and oxygen atoms in total. The minimum Gasteiger partial charge on any atom is -0.504 e. The van der Waals surface area contributed by atoms with Crippen LogP contribution in [0.15, 0.2) is 6.07 Å². The summed E-state index contributed by atoms with van der Waals surface area (Å²) >= 11 is 0. The lowest BCUT2D eigenvalue weighted by Crippen LogP contribution is -2.05. The topological polar surface area (TPSA) is 39.9 Å². The van der Waals surface area contributed by atoms with E-state index in [1.165, 1.54) is 7.11 Å². The van der Waals surface area contributed by atoms with E-state index in [1.807, 2.05) is 0 Å². The highest BCUT2D eigenvalue weighted by molar-refractivity contribution is 5.93. The van der Waals surface area contributed by atoms with Crippen molar-refractivity contribution < 1.29 is 18.7 Å². The molecule has 1 aromatic carbocycles. The van der Waals surface area contributed by atoms with Gasteiger partial charge in [0.1, 0.15) is 11.6 Å². The first kappa shape index (κ1) is 10.4. The zero-order chi connectivity index (χ0) is 11.7. The highest BCUT2D eigenvalue weighted by Crippen LogP contribution is 2.40. The van der Waals surface area contributed by atoms with E-state index in [0.29, 0.717) is 18.6 Å². The van der Waals surface area contributed by atoms with E-state index >= 15 is 0 Å². The fraction of sp³-hybridized carbons (Fsp3) is 0.273. The zero-order valence-corrected chi connectivity index (χ0v) is 8.54. The van der Waals surface area contributed by atoms with Gasteiger partial charge in [0.2, 0.25) is 0 Å². The van der Waals surface area contributed by atoms with Crippen LogP contribution in [-0.4, -0.2) is 19.7 Å². The highest BCUT2D eigenvalue weighted by atomic mass is 19.1. The number of rotatable bonds is 1. The molecule has 1 heterocycles. The van der Waals surface area contributed by atoms with Crippen LogP contribution in [0, 0.1) is 12.4 Å². The number of fused-ring (bicyclic) bond motifs is 1. The van der Waals surface area contributed by atoms with Crippen molar-refractivity contribution in [2.75, 3.05) is 13.7 Å². The van der Waals surface area contributed by atoms with E-state index in [9.17, 15) is 9.18 Å². The van der Waals surface area contributed by atoms with Gasteiger partial charge in [0.25, 0.3) is 5.69 Å². The van der Waals surface area contributed by atoms with Crippen molar-refractivity contribution >= 4 is 11.7 Å². The van der Waals surface area contributed by atoms with Gasteiger partial charge in [0.15, 0.2) is 0 Å². The molecule has 0 bridgehead atoms. The molecule has 0 saturated heterocycles. The SMILES string of the molecule is [C-]#[N+]c1c(F)cc(C(=O)OC)c2c1OCC2. The Labute approximate surface area is 91.4 Å². The average Bonchev–Trinajstić information content (AvgIpc) is 2.75. The molecule has 0 amide bonds. The van der Waals surface area contributed by atoms with Crippen LogP contribution in [0.2, 0.25) is 0 Å². The fourth-order valence-electron chi connectivity index (χ4n) is 1.71. The number of ether oxygens (including phenoxy) is 2.